The Morgan fingerprint density at radius 2 is 2.12 bits per heavy atom. The van der Waals surface area contributed by atoms with Crippen molar-refractivity contribution in [3.8, 4) is 0 Å². The van der Waals surface area contributed by atoms with Gasteiger partial charge in [0.25, 0.3) is 5.22 Å². The zero-order valence-electron chi connectivity index (χ0n) is 9.14. The summed E-state index contributed by atoms with van der Waals surface area (Å²) in [6.07, 6.45) is 0. The van der Waals surface area contributed by atoms with E-state index in [4.69, 9.17) is 16.0 Å². The maximum atomic E-state index is 5.77. The summed E-state index contributed by atoms with van der Waals surface area (Å²) < 4.78 is 5.20. The van der Waals surface area contributed by atoms with Gasteiger partial charge in [0.15, 0.2) is 0 Å². The summed E-state index contributed by atoms with van der Waals surface area (Å²) in [5.74, 6) is 0.908. The Labute approximate surface area is 106 Å². The van der Waals surface area contributed by atoms with Crippen LogP contribution in [0.4, 0.5) is 5.95 Å². The van der Waals surface area contributed by atoms with Gasteiger partial charge in [0.05, 0.1) is 0 Å². The molecule has 2 aromatic heterocycles. The van der Waals surface area contributed by atoms with Gasteiger partial charge in [-0.2, -0.15) is 15.0 Å². The summed E-state index contributed by atoms with van der Waals surface area (Å²) in [5, 5.41) is 11.4. The molecule has 90 valence electrons. The smallest absolute Gasteiger partial charge is 0.284 e. The second kappa shape index (κ2) is 5.28. The molecule has 0 amide bonds. The average molecular weight is 273 g/mol. The highest BCUT2D eigenvalue weighted by atomic mass is 35.5. The van der Waals surface area contributed by atoms with E-state index in [0.29, 0.717) is 28.8 Å². The Bertz CT molecular complexity index is 518. The van der Waals surface area contributed by atoms with Crippen LogP contribution in [0.2, 0.25) is 5.28 Å². The van der Waals surface area contributed by atoms with Gasteiger partial charge in [0.1, 0.15) is 0 Å². The van der Waals surface area contributed by atoms with E-state index in [9.17, 15) is 0 Å². The van der Waals surface area contributed by atoms with Crippen molar-refractivity contribution < 1.29 is 4.42 Å². The van der Waals surface area contributed by atoms with Gasteiger partial charge in [0, 0.05) is 25.2 Å². The van der Waals surface area contributed by atoms with Crippen molar-refractivity contribution in [1.29, 1.82) is 0 Å². The van der Waals surface area contributed by atoms with Crippen molar-refractivity contribution >= 4 is 29.3 Å². The normalized spacial score (nSPS) is 10.5. The van der Waals surface area contributed by atoms with Crippen molar-refractivity contribution in [3.63, 3.8) is 0 Å². The van der Waals surface area contributed by atoms with E-state index in [1.807, 2.05) is 6.92 Å². The number of hydrogen-bond acceptors (Lipinski definition) is 8. The summed E-state index contributed by atoms with van der Waals surface area (Å²) in [7, 11) is 0. The number of halogens is 1. The summed E-state index contributed by atoms with van der Waals surface area (Å²) in [5.41, 5.74) is 0. The number of nitrogens with zero attached hydrogens (tertiary/aromatic N) is 5. The highest BCUT2D eigenvalue weighted by molar-refractivity contribution is 7.98. The van der Waals surface area contributed by atoms with E-state index in [-0.39, 0.29) is 5.28 Å². The number of rotatable bonds is 4. The van der Waals surface area contributed by atoms with Gasteiger partial charge in [-0.3, -0.25) is 0 Å². The van der Waals surface area contributed by atoms with Crippen LogP contribution in [0, 0.1) is 6.92 Å². The predicted molar refractivity (Wildman–Crippen MR) is 62.2 cm³/mol. The highest BCUT2D eigenvalue weighted by Crippen LogP contribution is 2.24. The van der Waals surface area contributed by atoms with Crippen molar-refractivity contribution in [2.45, 2.75) is 24.2 Å². The van der Waals surface area contributed by atoms with Crippen LogP contribution in [0.15, 0.2) is 14.8 Å². The first kappa shape index (κ1) is 12.1. The molecule has 0 saturated carbocycles. The molecule has 17 heavy (non-hydrogen) atoms. The number of hydrogen-bond donors (Lipinski definition) is 1. The fourth-order valence-electron chi connectivity index (χ4n) is 1.01. The minimum atomic E-state index is 0.120. The lowest BCUT2D eigenvalue weighted by Crippen LogP contribution is -2.04. The highest BCUT2D eigenvalue weighted by Gasteiger charge is 2.10. The van der Waals surface area contributed by atoms with E-state index in [1.165, 1.54) is 0 Å². The van der Waals surface area contributed by atoms with Gasteiger partial charge in [-0.05, 0) is 18.5 Å². The predicted octanol–water partition coefficient (Wildman–Crippen LogP) is 1.80. The largest absolute Gasteiger partial charge is 0.416 e. The van der Waals surface area contributed by atoms with E-state index in [2.05, 4.69) is 30.5 Å². The molecule has 0 aliphatic rings. The van der Waals surface area contributed by atoms with Crippen molar-refractivity contribution in [3.05, 3.63) is 11.2 Å². The molecule has 0 bridgehead atoms. The van der Waals surface area contributed by atoms with Gasteiger partial charge < -0.3 is 9.73 Å². The third kappa shape index (κ3) is 3.27. The quantitative estimate of drug-likeness (QED) is 0.901. The zero-order chi connectivity index (χ0) is 12.3. The van der Waals surface area contributed by atoms with E-state index in [0.717, 1.165) is 11.8 Å². The summed E-state index contributed by atoms with van der Waals surface area (Å²) >= 11 is 6.91. The lowest BCUT2D eigenvalue weighted by Gasteiger charge is -2.02. The number of aryl methyl sites for hydroxylation is 1. The molecule has 1 N–H and O–H groups in total. The lowest BCUT2D eigenvalue weighted by molar-refractivity contribution is 0.429. The third-order valence-electron chi connectivity index (χ3n) is 1.61. The average Bonchev–Trinajstić information content (AvgIpc) is 2.63. The monoisotopic (exact) mass is 272 g/mol. The first-order valence-corrected chi connectivity index (χ1v) is 6.00. The Balaban J connectivity index is 2.20. The molecule has 2 rings (SSSR count). The SMILES string of the molecule is CCNc1nc(Cl)nc(Sc2nnc(C)o2)n1. The van der Waals surface area contributed by atoms with Crippen LogP contribution in [0.25, 0.3) is 0 Å². The van der Waals surface area contributed by atoms with Crippen LogP contribution in [0.5, 0.6) is 0 Å². The molecule has 0 aliphatic carbocycles. The molecule has 0 radical (unpaired) electrons. The Kier molecular flexibility index (Phi) is 3.75. The Hall–Kier alpha value is -1.41. The van der Waals surface area contributed by atoms with Crippen LogP contribution in [-0.2, 0) is 0 Å². The fourth-order valence-corrected chi connectivity index (χ4v) is 1.89. The van der Waals surface area contributed by atoms with Crippen molar-refractivity contribution in [2.75, 3.05) is 11.9 Å². The van der Waals surface area contributed by atoms with Gasteiger partial charge in [0.2, 0.25) is 22.3 Å². The van der Waals surface area contributed by atoms with Gasteiger partial charge in [-0.25, -0.2) is 0 Å². The number of anilines is 1. The summed E-state index contributed by atoms with van der Waals surface area (Å²) in [6.45, 7) is 4.34. The molecule has 0 atom stereocenters. The van der Waals surface area contributed by atoms with E-state index >= 15 is 0 Å². The van der Waals surface area contributed by atoms with Crippen LogP contribution in [-0.4, -0.2) is 31.7 Å². The lowest BCUT2D eigenvalue weighted by atomic mass is 10.7. The standard InChI is InChI=1S/C8H9ClN6OS/c1-3-10-6-11-5(9)12-7(13-6)17-8-15-14-4(2)16-8/h3H2,1-2H3,(H,10,11,12,13). The molecule has 9 heteroatoms. The molecule has 0 spiro atoms. The van der Waals surface area contributed by atoms with Gasteiger partial charge >= 0.3 is 0 Å². The minimum absolute atomic E-state index is 0.120. The molecule has 7 nitrogen and oxygen atoms in total. The number of nitrogens with one attached hydrogen (secondary N) is 1. The van der Waals surface area contributed by atoms with E-state index < -0.39 is 0 Å². The molecular weight excluding hydrogens is 264 g/mol. The molecule has 0 saturated heterocycles. The molecular formula is C8H9ClN6OS. The molecule has 0 unspecified atom stereocenters. The third-order valence-corrected chi connectivity index (χ3v) is 2.48. The Morgan fingerprint density at radius 1 is 1.29 bits per heavy atom. The Morgan fingerprint density at radius 3 is 2.76 bits per heavy atom. The first-order valence-electron chi connectivity index (χ1n) is 4.80. The maximum Gasteiger partial charge on any atom is 0.284 e. The first-order chi connectivity index (χ1) is 8.17. The molecule has 2 aromatic rings. The fraction of sp³-hybridized carbons (Fsp3) is 0.375. The van der Waals surface area contributed by atoms with Crippen molar-refractivity contribution in [2.24, 2.45) is 0 Å². The number of aromatic nitrogens is 5. The summed E-state index contributed by atoms with van der Waals surface area (Å²) in [4.78, 5) is 12.0. The van der Waals surface area contributed by atoms with Gasteiger partial charge in [-0.15, -0.1) is 10.2 Å². The maximum absolute atomic E-state index is 5.77. The summed E-state index contributed by atoms with van der Waals surface area (Å²) in [6, 6.07) is 0. The van der Waals surface area contributed by atoms with Gasteiger partial charge in [-0.1, -0.05) is 0 Å². The molecule has 0 aromatic carbocycles. The second-order valence-corrected chi connectivity index (χ2v) is 4.19. The molecule has 0 aliphatic heterocycles. The van der Waals surface area contributed by atoms with Crippen LogP contribution in [0.3, 0.4) is 0 Å². The van der Waals surface area contributed by atoms with Crippen LogP contribution >= 0.6 is 23.4 Å². The topological polar surface area (TPSA) is 89.6 Å². The second-order valence-electron chi connectivity index (χ2n) is 2.93. The molecule has 2 heterocycles. The van der Waals surface area contributed by atoms with Crippen LogP contribution in [0.1, 0.15) is 12.8 Å². The van der Waals surface area contributed by atoms with Crippen molar-refractivity contribution in [1.82, 2.24) is 25.1 Å². The molecule has 0 fully saturated rings. The van der Waals surface area contributed by atoms with Crippen LogP contribution < -0.4 is 5.32 Å². The zero-order valence-corrected chi connectivity index (χ0v) is 10.7. The van der Waals surface area contributed by atoms with E-state index in [1.54, 1.807) is 6.92 Å². The minimum Gasteiger partial charge on any atom is -0.416 e.